The van der Waals surface area contributed by atoms with Gasteiger partial charge in [0, 0.05) is 43.7 Å². The van der Waals surface area contributed by atoms with Crippen LogP contribution in [0.5, 0.6) is 0 Å². The number of carbonyl (C=O) groups is 1. The van der Waals surface area contributed by atoms with E-state index in [9.17, 15) is 4.79 Å². The third kappa shape index (κ3) is 3.31. The molecule has 19 heavy (non-hydrogen) atoms. The summed E-state index contributed by atoms with van der Waals surface area (Å²) in [4.78, 5) is 16.3. The number of rotatable bonds is 4. The molecule has 0 unspecified atom stereocenters. The minimum Gasteiger partial charge on any atom is -0.373 e. The average Bonchev–Trinajstić information content (AvgIpc) is 2.81. The van der Waals surface area contributed by atoms with Crippen LogP contribution >= 0.6 is 0 Å². The monoisotopic (exact) mass is 259 g/mol. The summed E-state index contributed by atoms with van der Waals surface area (Å²) in [7, 11) is 3.62. The number of hydrogen-bond donors (Lipinski definition) is 2. The number of aromatic nitrogens is 3. The van der Waals surface area contributed by atoms with Gasteiger partial charge in [-0.3, -0.25) is 9.48 Å². The zero-order valence-electron chi connectivity index (χ0n) is 11.3. The van der Waals surface area contributed by atoms with Crippen molar-refractivity contribution in [2.24, 2.45) is 7.05 Å². The Morgan fingerprint density at radius 3 is 2.84 bits per heavy atom. The van der Waals surface area contributed by atoms with Crippen molar-refractivity contribution in [1.29, 1.82) is 0 Å². The van der Waals surface area contributed by atoms with Crippen molar-refractivity contribution in [3.05, 3.63) is 41.3 Å². The van der Waals surface area contributed by atoms with Crippen LogP contribution < -0.4 is 10.6 Å². The number of nitrogens with zero attached hydrogens (tertiary/aromatic N) is 3. The number of pyridine rings is 1. The summed E-state index contributed by atoms with van der Waals surface area (Å²) in [6.07, 6.45) is 3.61. The smallest absolute Gasteiger partial charge is 0.251 e. The highest BCUT2D eigenvalue weighted by Crippen LogP contribution is 2.09. The number of anilines is 1. The van der Waals surface area contributed by atoms with Gasteiger partial charge in [-0.05, 0) is 19.1 Å². The van der Waals surface area contributed by atoms with Crippen LogP contribution in [0.4, 0.5) is 5.82 Å². The van der Waals surface area contributed by atoms with E-state index in [0.717, 1.165) is 11.3 Å². The van der Waals surface area contributed by atoms with E-state index in [1.54, 1.807) is 30.1 Å². The quantitative estimate of drug-likeness (QED) is 0.862. The highest BCUT2D eigenvalue weighted by Gasteiger charge is 2.08. The van der Waals surface area contributed by atoms with Gasteiger partial charge >= 0.3 is 0 Å². The maximum atomic E-state index is 12.1. The van der Waals surface area contributed by atoms with Gasteiger partial charge in [-0.2, -0.15) is 5.10 Å². The van der Waals surface area contributed by atoms with Crippen molar-refractivity contribution in [2.75, 3.05) is 12.4 Å². The van der Waals surface area contributed by atoms with Crippen LogP contribution in [0.15, 0.2) is 24.5 Å². The van der Waals surface area contributed by atoms with Crippen LogP contribution in [0, 0.1) is 6.92 Å². The van der Waals surface area contributed by atoms with E-state index in [-0.39, 0.29) is 5.91 Å². The van der Waals surface area contributed by atoms with Gasteiger partial charge in [0.15, 0.2) is 0 Å². The fourth-order valence-electron chi connectivity index (χ4n) is 1.78. The molecule has 0 aliphatic carbocycles. The van der Waals surface area contributed by atoms with Gasteiger partial charge in [-0.1, -0.05) is 0 Å². The van der Waals surface area contributed by atoms with Crippen LogP contribution in [0.2, 0.25) is 0 Å². The fourth-order valence-corrected chi connectivity index (χ4v) is 1.78. The molecule has 0 aliphatic rings. The van der Waals surface area contributed by atoms with Crippen LogP contribution in [0.1, 0.15) is 21.6 Å². The van der Waals surface area contributed by atoms with Crippen LogP contribution in [-0.4, -0.2) is 27.7 Å². The van der Waals surface area contributed by atoms with Gasteiger partial charge in [0.25, 0.3) is 5.91 Å². The SMILES string of the molecule is CNc1cc(C(=O)NCc2cnn(C)c2)cc(C)n1. The van der Waals surface area contributed by atoms with Gasteiger partial charge in [0.05, 0.1) is 6.20 Å². The first-order chi connectivity index (χ1) is 9.08. The van der Waals surface area contributed by atoms with Crippen molar-refractivity contribution in [1.82, 2.24) is 20.1 Å². The van der Waals surface area contributed by atoms with Gasteiger partial charge < -0.3 is 10.6 Å². The normalized spacial score (nSPS) is 10.3. The highest BCUT2D eigenvalue weighted by molar-refractivity contribution is 5.94. The summed E-state index contributed by atoms with van der Waals surface area (Å²) >= 11 is 0. The Balaban J connectivity index is 2.05. The van der Waals surface area contributed by atoms with Gasteiger partial charge in [-0.15, -0.1) is 0 Å². The first-order valence-corrected chi connectivity index (χ1v) is 6.00. The van der Waals surface area contributed by atoms with E-state index in [4.69, 9.17) is 0 Å². The second kappa shape index (κ2) is 5.51. The predicted molar refractivity (Wildman–Crippen MR) is 72.9 cm³/mol. The summed E-state index contributed by atoms with van der Waals surface area (Å²) in [5.74, 6) is 0.567. The summed E-state index contributed by atoms with van der Waals surface area (Å²) in [5, 5.41) is 9.85. The Morgan fingerprint density at radius 2 is 2.21 bits per heavy atom. The molecule has 0 atom stereocenters. The van der Waals surface area contributed by atoms with E-state index >= 15 is 0 Å². The number of hydrogen-bond acceptors (Lipinski definition) is 4. The van der Waals surface area contributed by atoms with Crippen molar-refractivity contribution in [3.63, 3.8) is 0 Å². The zero-order valence-corrected chi connectivity index (χ0v) is 11.3. The maximum Gasteiger partial charge on any atom is 0.251 e. The molecule has 0 aromatic carbocycles. The molecule has 0 fully saturated rings. The highest BCUT2D eigenvalue weighted by atomic mass is 16.1. The maximum absolute atomic E-state index is 12.1. The molecule has 2 rings (SSSR count). The standard InChI is InChI=1S/C13H17N5O/c1-9-4-11(5-12(14-2)17-9)13(19)15-6-10-7-16-18(3)8-10/h4-5,7-8H,6H2,1-3H3,(H,14,17)(H,15,19). The molecule has 1 amide bonds. The van der Waals surface area contributed by atoms with Crippen LogP contribution in [0.3, 0.4) is 0 Å². The molecular weight excluding hydrogens is 242 g/mol. The first-order valence-electron chi connectivity index (χ1n) is 6.00. The Labute approximate surface area is 111 Å². The van der Waals surface area contributed by atoms with Crippen molar-refractivity contribution in [3.8, 4) is 0 Å². The van der Waals surface area contributed by atoms with Crippen molar-refractivity contribution < 1.29 is 4.79 Å². The summed E-state index contributed by atoms with van der Waals surface area (Å²) in [6, 6.07) is 3.49. The molecule has 2 N–H and O–H groups in total. The molecular formula is C13H17N5O. The molecule has 2 aromatic rings. The van der Waals surface area contributed by atoms with Crippen LogP contribution in [0.25, 0.3) is 0 Å². The molecule has 0 saturated carbocycles. The Bertz CT molecular complexity index is 590. The molecule has 0 bridgehead atoms. The Hall–Kier alpha value is -2.37. The lowest BCUT2D eigenvalue weighted by atomic mass is 10.2. The molecule has 2 aromatic heterocycles. The molecule has 0 saturated heterocycles. The minimum absolute atomic E-state index is 0.120. The van der Waals surface area contributed by atoms with Crippen LogP contribution in [-0.2, 0) is 13.6 Å². The fraction of sp³-hybridized carbons (Fsp3) is 0.308. The van der Waals surface area contributed by atoms with E-state index in [0.29, 0.717) is 17.9 Å². The third-order valence-corrected chi connectivity index (χ3v) is 2.68. The van der Waals surface area contributed by atoms with Gasteiger partial charge in [0.1, 0.15) is 5.82 Å². The second-order valence-corrected chi connectivity index (χ2v) is 4.34. The topological polar surface area (TPSA) is 71.8 Å². The van der Waals surface area contributed by atoms with E-state index in [1.165, 1.54) is 0 Å². The molecule has 6 nitrogen and oxygen atoms in total. The second-order valence-electron chi connectivity index (χ2n) is 4.34. The first kappa shape index (κ1) is 13.1. The summed E-state index contributed by atoms with van der Waals surface area (Å²) in [6.45, 7) is 2.32. The molecule has 6 heteroatoms. The molecule has 0 radical (unpaired) electrons. The van der Waals surface area contributed by atoms with E-state index < -0.39 is 0 Å². The largest absolute Gasteiger partial charge is 0.373 e. The van der Waals surface area contributed by atoms with Crippen molar-refractivity contribution >= 4 is 11.7 Å². The summed E-state index contributed by atoms with van der Waals surface area (Å²) < 4.78 is 1.71. The van der Waals surface area contributed by atoms with Gasteiger partial charge in [-0.25, -0.2) is 4.98 Å². The van der Waals surface area contributed by atoms with Gasteiger partial charge in [0.2, 0.25) is 0 Å². The summed E-state index contributed by atoms with van der Waals surface area (Å²) in [5.41, 5.74) is 2.37. The number of nitrogens with one attached hydrogen (secondary N) is 2. The van der Waals surface area contributed by atoms with E-state index in [1.807, 2.05) is 20.2 Å². The number of amides is 1. The zero-order chi connectivity index (χ0) is 13.8. The predicted octanol–water partition coefficient (Wildman–Crippen LogP) is 1.10. The Kier molecular flexibility index (Phi) is 3.79. The molecule has 100 valence electrons. The lowest BCUT2D eigenvalue weighted by Crippen LogP contribution is -2.23. The number of aryl methyl sites for hydroxylation is 2. The minimum atomic E-state index is -0.120. The molecule has 0 spiro atoms. The molecule has 2 heterocycles. The third-order valence-electron chi connectivity index (χ3n) is 2.68. The van der Waals surface area contributed by atoms with Crippen molar-refractivity contribution in [2.45, 2.75) is 13.5 Å². The molecule has 0 aliphatic heterocycles. The number of carbonyl (C=O) groups excluding carboxylic acids is 1. The van der Waals surface area contributed by atoms with E-state index in [2.05, 4.69) is 20.7 Å². The Morgan fingerprint density at radius 1 is 1.42 bits per heavy atom. The lowest BCUT2D eigenvalue weighted by Gasteiger charge is -2.07. The lowest BCUT2D eigenvalue weighted by molar-refractivity contribution is 0.0950. The average molecular weight is 259 g/mol.